The Morgan fingerprint density at radius 3 is 1.24 bits per heavy atom. The number of aromatic nitrogens is 6. The summed E-state index contributed by atoms with van der Waals surface area (Å²) in [6, 6.07) is 33.0. The average Bonchev–Trinajstić information content (AvgIpc) is 3.68. The number of nitrogen functional groups attached to an aromatic ring is 2. The molecule has 0 spiro atoms. The molecule has 0 amide bonds. The minimum atomic E-state index is -0.351. The number of nitrogens with zero attached hydrogens (tertiary/aromatic N) is 6. The number of nitrogens with two attached hydrogens (primary N) is 2. The normalized spacial score (nSPS) is 10.5. The van der Waals surface area contributed by atoms with Crippen molar-refractivity contribution in [3.63, 3.8) is 0 Å². The van der Waals surface area contributed by atoms with Gasteiger partial charge in [-0.15, -0.1) is 10.2 Å². The number of rotatable bonds is 8. The standard InChI is InChI=1S/2C17H16N4O2/c2*1-2-23-17(22)13-8-10-14(11-9-13)21-16(18)15(19-20-21)12-6-4-3-5-7-12/h2*3-11H,2,18H2,1H3. The molecule has 0 bridgehead atoms. The maximum Gasteiger partial charge on any atom is 0.338 e. The largest absolute Gasteiger partial charge is 0.462 e. The number of anilines is 2. The fourth-order valence-corrected chi connectivity index (χ4v) is 4.47. The highest BCUT2D eigenvalue weighted by Crippen LogP contribution is 2.26. The molecule has 4 N–H and O–H groups in total. The Balaban J connectivity index is 0.000000181. The molecular formula is C34H32N8O4. The molecule has 0 saturated carbocycles. The molecule has 46 heavy (non-hydrogen) atoms. The summed E-state index contributed by atoms with van der Waals surface area (Å²) in [5, 5.41) is 16.5. The zero-order chi connectivity index (χ0) is 32.5. The Morgan fingerprint density at radius 1 is 0.565 bits per heavy atom. The molecule has 12 nitrogen and oxygen atoms in total. The van der Waals surface area contributed by atoms with Gasteiger partial charge in [-0.1, -0.05) is 71.1 Å². The van der Waals surface area contributed by atoms with Crippen molar-refractivity contribution < 1.29 is 19.1 Å². The monoisotopic (exact) mass is 616 g/mol. The van der Waals surface area contributed by atoms with Gasteiger partial charge in [-0.3, -0.25) is 0 Å². The highest BCUT2D eigenvalue weighted by molar-refractivity contribution is 5.90. The molecule has 0 radical (unpaired) electrons. The van der Waals surface area contributed by atoms with E-state index in [1.165, 1.54) is 9.36 Å². The molecule has 0 aliphatic rings. The molecule has 6 aromatic rings. The van der Waals surface area contributed by atoms with Crippen LogP contribution in [0.3, 0.4) is 0 Å². The van der Waals surface area contributed by atoms with Gasteiger partial charge in [-0.25, -0.2) is 9.59 Å². The Hall–Kier alpha value is -6.30. The Kier molecular flexibility index (Phi) is 9.78. The van der Waals surface area contributed by atoms with Gasteiger partial charge in [-0.05, 0) is 62.4 Å². The summed E-state index contributed by atoms with van der Waals surface area (Å²) in [4.78, 5) is 23.3. The average molecular weight is 617 g/mol. The van der Waals surface area contributed by atoms with Crippen LogP contribution in [0.4, 0.5) is 11.6 Å². The molecule has 2 aromatic heterocycles. The van der Waals surface area contributed by atoms with Crippen LogP contribution in [0.15, 0.2) is 109 Å². The maximum absolute atomic E-state index is 11.7. The third kappa shape index (κ3) is 6.91. The van der Waals surface area contributed by atoms with Gasteiger partial charge in [-0.2, -0.15) is 9.36 Å². The van der Waals surface area contributed by atoms with E-state index in [0.717, 1.165) is 22.5 Å². The van der Waals surface area contributed by atoms with Gasteiger partial charge in [0.25, 0.3) is 0 Å². The summed E-state index contributed by atoms with van der Waals surface area (Å²) < 4.78 is 13.0. The fraction of sp³-hybridized carbons (Fsp3) is 0.118. The summed E-state index contributed by atoms with van der Waals surface area (Å²) in [7, 11) is 0. The number of carbonyl (C=O) groups is 2. The first-order chi connectivity index (χ1) is 22.4. The maximum atomic E-state index is 11.7. The first-order valence-corrected chi connectivity index (χ1v) is 14.5. The molecular weight excluding hydrogens is 584 g/mol. The van der Waals surface area contributed by atoms with Gasteiger partial charge in [0.05, 0.1) is 35.7 Å². The summed E-state index contributed by atoms with van der Waals surface area (Å²) >= 11 is 0. The van der Waals surface area contributed by atoms with Crippen LogP contribution in [0.2, 0.25) is 0 Å². The van der Waals surface area contributed by atoms with Gasteiger partial charge in [0, 0.05) is 11.1 Å². The van der Waals surface area contributed by atoms with Crippen LogP contribution in [0.25, 0.3) is 33.9 Å². The molecule has 12 heteroatoms. The second-order valence-corrected chi connectivity index (χ2v) is 9.74. The lowest BCUT2D eigenvalue weighted by Crippen LogP contribution is -2.06. The Labute approximate surface area is 265 Å². The summed E-state index contributed by atoms with van der Waals surface area (Å²) in [5.41, 5.74) is 17.8. The van der Waals surface area contributed by atoms with E-state index in [0.29, 0.717) is 47.4 Å². The van der Waals surface area contributed by atoms with Crippen molar-refractivity contribution in [1.29, 1.82) is 0 Å². The van der Waals surface area contributed by atoms with E-state index < -0.39 is 0 Å². The van der Waals surface area contributed by atoms with Crippen molar-refractivity contribution in [3.8, 4) is 33.9 Å². The first-order valence-electron chi connectivity index (χ1n) is 14.5. The van der Waals surface area contributed by atoms with Crippen LogP contribution in [0.1, 0.15) is 34.6 Å². The van der Waals surface area contributed by atoms with Crippen LogP contribution in [0.5, 0.6) is 0 Å². The van der Waals surface area contributed by atoms with Crippen LogP contribution < -0.4 is 11.5 Å². The first kappa shape index (κ1) is 31.1. The van der Waals surface area contributed by atoms with Crippen LogP contribution in [-0.4, -0.2) is 55.1 Å². The topological polar surface area (TPSA) is 166 Å². The Bertz CT molecular complexity index is 1760. The lowest BCUT2D eigenvalue weighted by atomic mass is 10.1. The van der Waals surface area contributed by atoms with E-state index >= 15 is 0 Å². The summed E-state index contributed by atoms with van der Waals surface area (Å²) in [6.45, 7) is 4.23. The van der Waals surface area contributed by atoms with Gasteiger partial charge in [0.15, 0.2) is 11.6 Å². The summed E-state index contributed by atoms with van der Waals surface area (Å²) in [6.07, 6.45) is 0. The SMILES string of the molecule is CCOC(=O)c1ccc(-n2nnc(-c3ccccc3)c2N)cc1.CCOC(=O)c1ccc(-n2nnc(-c3ccccc3)c2N)cc1. The van der Waals surface area contributed by atoms with E-state index in [-0.39, 0.29) is 11.9 Å². The van der Waals surface area contributed by atoms with Crippen LogP contribution in [0, 0.1) is 0 Å². The highest BCUT2D eigenvalue weighted by atomic mass is 16.5. The number of carbonyl (C=O) groups excluding carboxylic acids is 2. The van der Waals surface area contributed by atoms with Gasteiger partial charge >= 0.3 is 11.9 Å². The molecule has 0 aliphatic carbocycles. The lowest BCUT2D eigenvalue weighted by Gasteiger charge is -2.05. The fourth-order valence-electron chi connectivity index (χ4n) is 4.47. The minimum Gasteiger partial charge on any atom is -0.462 e. The van der Waals surface area contributed by atoms with Crippen molar-refractivity contribution in [1.82, 2.24) is 30.0 Å². The van der Waals surface area contributed by atoms with E-state index in [9.17, 15) is 9.59 Å². The molecule has 0 unspecified atom stereocenters. The van der Waals surface area contributed by atoms with Gasteiger partial charge in [0.1, 0.15) is 11.4 Å². The second kappa shape index (κ2) is 14.4. The molecule has 4 aromatic carbocycles. The molecule has 0 saturated heterocycles. The van der Waals surface area contributed by atoms with Crippen LogP contribution >= 0.6 is 0 Å². The molecule has 6 rings (SSSR count). The number of esters is 2. The van der Waals surface area contributed by atoms with Crippen molar-refractivity contribution in [2.75, 3.05) is 24.7 Å². The molecule has 2 heterocycles. The second-order valence-electron chi connectivity index (χ2n) is 9.74. The van der Waals surface area contributed by atoms with Gasteiger partial charge < -0.3 is 20.9 Å². The molecule has 0 fully saturated rings. The predicted octanol–water partition coefficient (Wildman–Crippen LogP) is 5.39. The van der Waals surface area contributed by atoms with Gasteiger partial charge in [0.2, 0.25) is 0 Å². The van der Waals surface area contributed by atoms with Crippen LogP contribution in [-0.2, 0) is 9.47 Å². The Morgan fingerprint density at radius 2 is 0.913 bits per heavy atom. The smallest absolute Gasteiger partial charge is 0.338 e. The van der Waals surface area contributed by atoms with Crippen molar-refractivity contribution >= 4 is 23.6 Å². The van der Waals surface area contributed by atoms with Crippen molar-refractivity contribution in [3.05, 3.63) is 120 Å². The molecule has 0 atom stereocenters. The molecule has 0 aliphatic heterocycles. The third-order valence-corrected chi connectivity index (χ3v) is 6.75. The quantitative estimate of drug-likeness (QED) is 0.212. The summed E-state index contributed by atoms with van der Waals surface area (Å²) in [5.74, 6) is 0.186. The van der Waals surface area contributed by atoms with Crippen molar-refractivity contribution in [2.45, 2.75) is 13.8 Å². The zero-order valence-electron chi connectivity index (χ0n) is 25.3. The molecule has 232 valence electrons. The van der Waals surface area contributed by atoms with Crippen molar-refractivity contribution in [2.24, 2.45) is 0 Å². The van der Waals surface area contributed by atoms with E-state index in [1.807, 2.05) is 60.7 Å². The van der Waals surface area contributed by atoms with E-state index in [1.54, 1.807) is 62.4 Å². The predicted molar refractivity (Wildman–Crippen MR) is 174 cm³/mol. The lowest BCUT2D eigenvalue weighted by molar-refractivity contribution is 0.0516. The number of hydrogen-bond acceptors (Lipinski definition) is 10. The number of ether oxygens (including phenoxy) is 2. The third-order valence-electron chi connectivity index (χ3n) is 6.75. The number of hydrogen-bond donors (Lipinski definition) is 2. The van der Waals surface area contributed by atoms with E-state index in [4.69, 9.17) is 20.9 Å². The highest BCUT2D eigenvalue weighted by Gasteiger charge is 2.15. The zero-order valence-corrected chi connectivity index (χ0v) is 25.3. The number of benzene rings is 4. The minimum absolute atomic E-state index is 0.344. The van der Waals surface area contributed by atoms with E-state index in [2.05, 4.69) is 20.6 Å².